The molecular weight excluding hydrogens is 120 g/mol. The van der Waals surface area contributed by atoms with Crippen LogP contribution in [0.25, 0.3) is 6.08 Å². The van der Waals surface area contributed by atoms with Crippen LogP contribution in [0.2, 0.25) is 0 Å². The Morgan fingerprint density at radius 3 is 2.88 bits per heavy atom. The lowest BCUT2D eigenvalue weighted by Crippen LogP contribution is -1.77. The van der Waals surface area contributed by atoms with Crippen molar-refractivity contribution in [3.05, 3.63) is 17.7 Å². The summed E-state index contributed by atoms with van der Waals surface area (Å²) in [5.41, 5.74) is 5.31. The lowest BCUT2D eigenvalue weighted by atomic mass is 10.6. The molecule has 0 aliphatic heterocycles. The average molecular weight is 126 g/mol. The first-order chi connectivity index (χ1) is 3.83. The van der Waals surface area contributed by atoms with Gasteiger partial charge in [-0.2, -0.15) is 0 Å². The predicted octanol–water partition coefficient (Wildman–Crippen LogP) is 1.37. The van der Waals surface area contributed by atoms with Crippen molar-refractivity contribution in [1.29, 1.82) is 0 Å². The fourth-order valence-corrected chi connectivity index (χ4v) is 0.931. The van der Waals surface area contributed by atoms with Gasteiger partial charge >= 0.3 is 0 Å². The summed E-state index contributed by atoms with van der Waals surface area (Å²) in [6.07, 6.45) is 3.43. The Morgan fingerprint density at radius 1 is 1.88 bits per heavy atom. The van der Waals surface area contributed by atoms with Gasteiger partial charge in [0, 0.05) is 11.1 Å². The smallest absolute Gasteiger partial charge is 0.180 e. The van der Waals surface area contributed by atoms with Crippen LogP contribution in [-0.4, -0.2) is 4.98 Å². The molecule has 1 aromatic heterocycles. The number of nitrogens with two attached hydrogens (primary N) is 1. The number of rotatable bonds is 1. The quantitative estimate of drug-likeness (QED) is 0.617. The molecule has 0 aromatic carbocycles. The molecule has 0 fully saturated rings. The molecule has 1 rings (SSSR count). The molecule has 0 bridgehead atoms. The van der Waals surface area contributed by atoms with Crippen LogP contribution in [0.4, 0.5) is 5.13 Å². The van der Waals surface area contributed by atoms with Crippen LogP contribution in [-0.2, 0) is 0 Å². The Kier molecular flexibility index (Phi) is 1.30. The first-order valence-corrected chi connectivity index (χ1v) is 2.98. The molecule has 2 nitrogen and oxygen atoms in total. The second kappa shape index (κ2) is 1.96. The summed E-state index contributed by atoms with van der Waals surface area (Å²) in [4.78, 5) is 4.83. The van der Waals surface area contributed by atoms with E-state index in [1.165, 1.54) is 11.3 Å². The molecule has 0 saturated heterocycles. The van der Waals surface area contributed by atoms with Crippen molar-refractivity contribution >= 4 is 22.5 Å². The van der Waals surface area contributed by atoms with Crippen molar-refractivity contribution in [1.82, 2.24) is 4.98 Å². The molecule has 2 N–H and O–H groups in total. The third-order valence-electron chi connectivity index (χ3n) is 0.743. The molecular formula is C5H6N2S. The summed E-state index contributed by atoms with van der Waals surface area (Å²) in [7, 11) is 0. The Balaban J connectivity index is 3.00. The fourth-order valence-electron chi connectivity index (χ4n) is 0.395. The normalized spacial score (nSPS) is 9.00. The van der Waals surface area contributed by atoms with Gasteiger partial charge in [0.05, 0.1) is 0 Å². The van der Waals surface area contributed by atoms with E-state index in [-0.39, 0.29) is 0 Å². The van der Waals surface area contributed by atoms with Crippen molar-refractivity contribution in [3.63, 3.8) is 0 Å². The molecule has 1 aromatic rings. The molecule has 0 radical (unpaired) electrons. The van der Waals surface area contributed by atoms with Crippen molar-refractivity contribution in [2.24, 2.45) is 0 Å². The van der Waals surface area contributed by atoms with Gasteiger partial charge in [0.1, 0.15) is 0 Å². The van der Waals surface area contributed by atoms with Crippen LogP contribution in [0.1, 0.15) is 4.88 Å². The standard InChI is InChI=1S/C5H6N2S/c1-2-4-3-7-5(6)8-4/h2-3H,1H2,(H2,6,7). The maximum atomic E-state index is 5.31. The zero-order valence-corrected chi connectivity index (χ0v) is 5.11. The minimum atomic E-state index is 0.597. The van der Waals surface area contributed by atoms with Crippen LogP contribution >= 0.6 is 11.3 Å². The van der Waals surface area contributed by atoms with Gasteiger partial charge in [-0.05, 0) is 0 Å². The van der Waals surface area contributed by atoms with Crippen molar-refractivity contribution in [2.45, 2.75) is 0 Å². The number of nitrogen functional groups attached to an aromatic ring is 1. The third kappa shape index (κ3) is 0.869. The monoisotopic (exact) mass is 126 g/mol. The second-order valence-electron chi connectivity index (χ2n) is 1.30. The SMILES string of the molecule is C=Cc1cnc(N)s1. The highest BCUT2D eigenvalue weighted by molar-refractivity contribution is 7.16. The molecule has 1 heterocycles. The molecule has 0 unspecified atom stereocenters. The molecule has 8 heavy (non-hydrogen) atoms. The lowest BCUT2D eigenvalue weighted by Gasteiger charge is -1.72. The van der Waals surface area contributed by atoms with Gasteiger partial charge in [-0.1, -0.05) is 24.0 Å². The molecule has 0 saturated carbocycles. The maximum Gasteiger partial charge on any atom is 0.180 e. The average Bonchev–Trinajstić information content (AvgIpc) is 2.14. The van der Waals surface area contributed by atoms with Gasteiger partial charge in [0.2, 0.25) is 0 Å². The van der Waals surface area contributed by atoms with E-state index in [4.69, 9.17) is 5.73 Å². The van der Waals surface area contributed by atoms with Gasteiger partial charge in [0.25, 0.3) is 0 Å². The van der Waals surface area contributed by atoms with E-state index < -0.39 is 0 Å². The third-order valence-corrected chi connectivity index (χ3v) is 1.56. The molecule has 42 valence electrons. The zero-order chi connectivity index (χ0) is 5.98. The van der Waals surface area contributed by atoms with Crippen molar-refractivity contribution < 1.29 is 0 Å². The Hall–Kier alpha value is -0.830. The number of aromatic nitrogens is 1. The van der Waals surface area contributed by atoms with Crippen LogP contribution in [0.5, 0.6) is 0 Å². The first-order valence-electron chi connectivity index (χ1n) is 2.16. The van der Waals surface area contributed by atoms with Crippen molar-refractivity contribution in [3.8, 4) is 0 Å². The Morgan fingerprint density at radius 2 is 2.62 bits per heavy atom. The first kappa shape index (κ1) is 5.31. The largest absolute Gasteiger partial charge is 0.375 e. The molecule has 3 heteroatoms. The lowest BCUT2D eigenvalue weighted by molar-refractivity contribution is 1.42. The summed E-state index contributed by atoms with van der Waals surface area (Å²) >= 11 is 1.44. The molecule has 0 aliphatic carbocycles. The highest BCUT2D eigenvalue weighted by Crippen LogP contribution is 2.14. The Bertz CT molecular complexity index is 192. The predicted molar refractivity (Wildman–Crippen MR) is 36.6 cm³/mol. The summed E-state index contributed by atoms with van der Waals surface area (Å²) in [5.74, 6) is 0. The van der Waals surface area contributed by atoms with E-state index in [0.29, 0.717) is 5.13 Å². The summed E-state index contributed by atoms with van der Waals surface area (Å²) in [6, 6.07) is 0. The van der Waals surface area contributed by atoms with E-state index in [9.17, 15) is 0 Å². The van der Waals surface area contributed by atoms with E-state index >= 15 is 0 Å². The Labute approximate surface area is 51.7 Å². The van der Waals surface area contributed by atoms with Crippen LogP contribution in [0.15, 0.2) is 12.8 Å². The second-order valence-corrected chi connectivity index (χ2v) is 2.40. The minimum absolute atomic E-state index is 0.597. The van der Waals surface area contributed by atoms with Gasteiger partial charge < -0.3 is 5.73 Å². The molecule has 0 atom stereocenters. The van der Waals surface area contributed by atoms with Gasteiger partial charge in [-0.3, -0.25) is 0 Å². The highest BCUT2D eigenvalue weighted by atomic mass is 32.1. The molecule has 0 aliphatic rings. The summed E-state index contributed by atoms with van der Waals surface area (Å²) in [6.45, 7) is 3.56. The van der Waals surface area contributed by atoms with E-state index in [0.717, 1.165) is 4.88 Å². The van der Waals surface area contributed by atoms with Crippen molar-refractivity contribution in [2.75, 3.05) is 5.73 Å². The van der Waals surface area contributed by atoms with E-state index in [1.807, 2.05) is 0 Å². The topological polar surface area (TPSA) is 38.9 Å². The fraction of sp³-hybridized carbons (Fsp3) is 0. The van der Waals surface area contributed by atoms with Crippen LogP contribution in [0.3, 0.4) is 0 Å². The van der Waals surface area contributed by atoms with Gasteiger partial charge in [0.15, 0.2) is 5.13 Å². The molecule has 0 amide bonds. The number of hydrogen-bond donors (Lipinski definition) is 1. The van der Waals surface area contributed by atoms with Crippen LogP contribution in [0, 0.1) is 0 Å². The zero-order valence-electron chi connectivity index (χ0n) is 4.29. The number of thiazole rings is 1. The number of anilines is 1. The number of nitrogens with zero attached hydrogens (tertiary/aromatic N) is 1. The summed E-state index contributed by atoms with van der Waals surface area (Å²) in [5, 5.41) is 0.597. The summed E-state index contributed by atoms with van der Waals surface area (Å²) < 4.78 is 0. The van der Waals surface area contributed by atoms with Crippen LogP contribution < -0.4 is 5.73 Å². The minimum Gasteiger partial charge on any atom is -0.375 e. The van der Waals surface area contributed by atoms with E-state index in [2.05, 4.69) is 11.6 Å². The number of hydrogen-bond acceptors (Lipinski definition) is 3. The maximum absolute atomic E-state index is 5.31. The van der Waals surface area contributed by atoms with E-state index in [1.54, 1.807) is 12.3 Å². The van der Waals surface area contributed by atoms with Gasteiger partial charge in [-0.15, -0.1) is 0 Å². The molecule has 0 spiro atoms. The highest BCUT2D eigenvalue weighted by Gasteiger charge is 1.89. The van der Waals surface area contributed by atoms with Gasteiger partial charge in [-0.25, -0.2) is 4.98 Å².